The van der Waals surface area contributed by atoms with Gasteiger partial charge in [-0.3, -0.25) is 4.79 Å². The molecule has 0 aliphatic rings. The molecule has 6 nitrogen and oxygen atoms in total. The molecular weight excluding hydrogens is 330 g/mol. The monoisotopic (exact) mass is 353 g/mol. The molecule has 2 aromatic heterocycles. The third kappa shape index (κ3) is 3.64. The lowest BCUT2D eigenvalue weighted by atomic mass is 10.1. The van der Waals surface area contributed by atoms with Crippen molar-refractivity contribution in [3.63, 3.8) is 0 Å². The second-order valence-corrected chi connectivity index (χ2v) is 6.51. The molecule has 136 valence electrons. The molecular formula is C20H23N3O3. The van der Waals surface area contributed by atoms with Crippen LogP contribution in [0.15, 0.2) is 53.1 Å². The number of furan rings is 1. The number of nitrogens with zero attached hydrogens (tertiary/aromatic N) is 2. The summed E-state index contributed by atoms with van der Waals surface area (Å²) in [4.78, 5) is 12.8. The molecule has 1 N–H and O–H groups in total. The Morgan fingerprint density at radius 2 is 1.92 bits per heavy atom. The van der Waals surface area contributed by atoms with E-state index in [9.17, 15) is 4.79 Å². The highest BCUT2D eigenvalue weighted by molar-refractivity contribution is 5.94. The Morgan fingerprint density at radius 3 is 2.50 bits per heavy atom. The van der Waals surface area contributed by atoms with Gasteiger partial charge < -0.3 is 14.5 Å². The fourth-order valence-corrected chi connectivity index (χ4v) is 2.46. The van der Waals surface area contributed by atoms with E-state index < -0.39 is 0 Å². The summed E-state index contributed by atoms with van der Waals surface area (Å²) in [5.74, 6) is 1.52. The van der Waals surface area contributed by atoms with Gasteiger partial charge in [-0.1, -0.05) is 13.8 Å². The fourth-order valence-electron chi connectivity index (χ4n) is 2.46. The number of aromatic nitrogens is 2. The van der Waals surface area contributed by atoms with Crippen LogP contribution in [-0.2, 0) is 0 Å². The molecule has 0 radical (unpaired) electrons. The summed E-state index contributed by atoms with van der Waals surface area (Å²) in [5, 5.41) is 7.60. The summed E-state index contributed by atoms with van der Waals surface area (Å²) < 4.78 is 12.3. The van der Waals surface area contributed by atoms with E-state index in [1.807, 2.05) is 37.3 Å². The highest BCUT2D eigenvalue weighted by Gasteiger charge is 2.21. The molecule has 2 heterocycles. The van der Waals surface area contributed by atoms with Crippen molar-refractivity contribution in [3.05, 3.63) is 54.4 Å². The molecule has 0 saturated heterocycles. The van der Waals surface area contributed by atoms with Gasteiger partial charge in [0.05, 0.1) is 19.1 Å². The zero-order chi connectivity index (χ0) is 18.7. The summed E-state index contributed by atoms with van der Waals surface area (Å²) in [6, 6.07) is 12.8. The number of ether oxygens (including phenoxy) is 1. The second kappa shape index (κ2) is 7.47. The standard InChI is InChI=1S/C20H23N3O3/c1-13(2)14(3)21-20(24)18-12-17(19-6-5-11-26-19)22-23(18)15-7-9-16(25-4)10-8-15/h5-14H,1-4H3,(H,21,24). The molecule has 6 heteroatoms. The predicted octanol–water partition coefficient (Wildman–Crippen LogP) is 3.92. The van der Waals surface area contributed by atoms with Crippen LogP contribution in [0.3, 0.4) is 0 Å². The summed E-state index contributed by atoms with van der Waals surface area (Å²) in [6.45, 7) is 6.13. The Bertz CT molecular complexity index is 864. The number of carbonyl (C=O) groups excluding carboxylic acids is 1. The number of rotatable bonds is 6. The number of nitrogens with one attached hydrogen (secondary N) is 1. The summed E-state index contributed by atoms with van der Waals surface area (Å²) in [5.41, 5.74) is 1.83. The maximum Gasteiger partial charge on any atom is 0.270 e. The minimum Gasteiger partial charge on any atom is -0.497 e. The van der Waals surface area contributed by atoms with Gasteiger partial charge in [-0.25, -0.2) is 4.68 Å². The topological polar surface area (TPSA) is 69.3 Å². The Balaban J connectivity index is 2.01. The third-order valence-electron chi connectivity index (χ3n) is 4.39. The van der Waals surface area contributed by atoms with E-state index >= 15 is 0 Å². The molecule has 0 fully saturated rings. The zero-order valence-electron chi connectivity index (χ0n) is 15.4. The average Bonchev–Trinajstić information content (AvgIpc) is 3.31. The number of carbonyl (C=O) groups is 1. The van der Waals surface area contributed by atoms with Crippen LogP contribution in [0.4, 0.5) is 0 Å². The van der Waals surface area contributed by atoms with E-state index in [4.69, 9.17) is 9.15 Å². The molecule has 0 spiro atoms. The van der Waals surface area contributed by atoms with Crippen molar-refractivity contribution in [2.24, 2.45) is 5.92 Å². The van der Waals surface area contributed by atoms with Gasteiger partial charge in [0.2, 0.25) is 0 Å². The van der Waals surface area contributed by atoms with E-state index in [0.29, 0.717) is 23.1 Å². The summed E-state index contributed by atoms with van der Waals surface area (Å²) in [6.07, 6.45) is 1.59. The number of hydrogen-bond donors (Lipinski definition) is 1. The van der Waals surface area contributed by atoms with Gasteiger partial charge in [0, 0.05) is 12.1 Å². The third-order valence-corrected chi connectivity index (χ3v) is 4.39. The van der Waals surface area contributed by atoms with Gasteiger partial charge in [0.15, 0.2) is 5.76 Å². The van der Waals surface area contributed by atoms with Crippen molar-refractivity contribution in [3.8, 4) is 22.9 Å². The first-order valence-corrected chi connectivity index (χ1v) is 8.59. The van der Waals surface area contributed by atoms with Crippen LogP contribution in [0.2, 0.25) is 0 Å². The molecule has 3 aromatic rings. The Morgan fingerprint density at radius 1 is 1.19 bits per heavy atom. The van der Waals surface area contributed by atoms with Gasteiger partial charge >= 0.3 is 0 Å². The molecule has 1 aromatic carbocycles. The molecule has 0 saturated carbocycles. The molecule has 0 bridgehead atoms. The highest BCUT2D eigenvalue weighted by atomic mass is 16.5. The Hall–Kier alpha value is -3.02. The van der Waals surface area contributed by atoms with E-state index in [-0.39, 0.29) is 11.9 Å². The first kappa shape index (κ1) is 17.8. The molecule has 0 aliphatic heterocycles. The van der Waals surface area contributed by atoms with Crippen molar-refractivity contribution in [1.82, 2.24) is 15.1 Å². The summed E-state index contributed by atoms with van der Waals surface area (Å²) >= 11 is 0. The van der Waals surface area contributed by atoms with Crippen LogP contribution in [-0.4, -0.2) is 28.8 Å². The van der Waals surface area contributed by atoms with Gasteiger partial charge in [-0.15, -0.1) is 0 Å². The minimum absolute atomic E-state index is 0.0498. The first-order valence-electron chi connectivity index (χ1n) is 8.59. The maximum absolute atomic E-state index is 12.8. The quantitative estimate of drug-likeness (QED) is 0.729. The first-order chi connectivity index (χ1) is 12.5. The lowest BCUT2D eigenvalue weighted by Crippen LogP contribution is -2.37. The van der Waals surface area contributed by atoms with Crippen molar-refractivity contribution in [1.29, 1.82) is 0 Å². The zero-order valence-corrected chi connectivity index (χ0v) is 15.4. The number of amides is 1. The lowest BCUT2D eigenvalue weighted by molar-refractivity contribution is 0.0922. The van der Waals surface area contributed by atoms with Crippen LogP contribution in [0.1, 0.15) is 31.3 Å². The number of benzene rings is 1. The van der Waals surface area contributed by atoms with E-state index in [1.165, 1.54) is 0 Å². The largest absolute Gasteiger partial charge is 0.497 e. The second-order valence-electron chi connectivity index (χ2n) is 6.51. The molecule has 1 atom stereocenters. The number of hydrogen-bond acceptors (Lipinski definition) is 4. The van der Waals surface area contributed by atoms with Gasteiger partial charge in [0.25, 0.3) is 5.91 Å². The van der Waals surface area contributed by atoms with Gasteiger partial charge in [-0.05, 0) is 49.2 Å². The summed E-state index contributed by atoms with van der Waals surface area (Å²) in [7, 11) is 1.62. The predicted molar refractivity (Wildman–Crippen MR) is 99.6 cm³/mol. The number of methoxy groups -OCH3 is 1. The van der Waals surface area contributed by atoms with Crippen LogP contribution < -0.4 is 10.1 Å². The van der Waals surface area contributed by atoms with Crippen LogP contribution in [0.5, 0.6) is 5.75 Å². The van der Waals surface area contributed by atoms with E-state index in [0.717, 1.165) is 11.4 Å². The molecule has 26 heavy (non-hydrogen) atoms. The normalized spacial score (nSPS) is 12.2. The molecule has 0 aliphatic carbocycles. The Labute approximate surface area is 152 Å². The van der Waals surface area contributed by atoms with E-state index in [2.05, 4.69) is 24.3 Å². The van der Waals surface area contributed by atoms with Crippen molar-refractivity contribution in [2.75, 3.05) is 7.11 Å². The van der Waals surface area contributed by atoms with Gasteiger partial charge in [-0.2, -0.15) is 5.10 Å². The van der Waals surface area contributed by atoms with Crippen molar-refractivity contribution < 1.29 is 13.9 Å². The molecule has 1 unspecified atom stereocenters. The maximum atomic E-state index is 12.8. The van der Waals surface area contributed by atoms with Crippen LogP contribution in [0, 0.1) is 5.92 Å². The minimum atomic E-state index is -0.174. The SMILES string of the molecule is COc1ccc(-n2nc(-c3ccco3)cc2C(=O)NC(C)C(C)C)cc1. The highest BCUT2D eigenvalue weighted by Crippen LogP contribution is 2.23. The van der Waals surface area contributed by atoms with E-state index in [1.54, 1.807) is 30.2 Å². The Kier molecular flexibility index (Phi) is 5.11. The smallest absolute Gasteiger partial charge is 0.270 e. The van der Waals surface area contributed by atoms with Crippen molar-refractivity contribution in [2.45, 2.75) is 26.8 Å². The lowest BCUT2D eigenvalue weighted by Gasteiger charge is -2.17. The fraction of sp³-hybridized carbons (Fsp3) is 0.300. The van der Waals surface area contributed by atoms with Crippen molar-refractivity contribution >= 4 is 5.91 Å². The van der Waals surface area contributed by atoms with Gasteiger partial charge in [0.1, 0.15) is 17.1 Å². The average molecular weight is 353 g/mol. The molecule has 1 amide bonds. The molecule has 3 rings (SSSR count). The van der Waals surface area contributed by atoms with Crippen LogP contribution in [0.25, 0.3) is 17.1 Å². The van der Waals surface area contributed by atoms with Crippen LogP contribution >= 0.6 is 0 Å².